The summed E-state index contributed by atoms with van der Waals surface area (Å²) in [5.41, 5.74) is 0.438. The molecule has 1 aromatic rings. The minimum atomic E-state index is -1.01. The lowest BCUT2D eigenvalue weighted by molar-refractivity contribution is -0.139. The van der Waals surface area contributed by atoms with Gasteiger partial charge in [0.2, 0.25) is 0 Å². The molecular formula is C20H29NO5. The molecule has 0 saturated carbocycles. The Morgan fingerprint density at radius 1 is 1.23 bits per heavy atom. The van der Waals surface area contributed by atoms with Gasteiger partial charge in [-0.2, -0.15) is 0 Å². The molecule has 1 aromatic carbocycles. The van der Waals surface area contributed by atoms with Crippen LogP contribution < -0.4 is 10.1 Å². The molecule has 1 fully saturated rings. The molecule has 2 rings (SSSR count). The number of aliphatic carboxylic acids is 1. The van der Waals surface area contributed by atoms with Crippen LogP contribution in [-0.4, -0.2) is 42.3 Å². The summed E-state index contributed by atoms with van der Waals surface area (Å²) in [5, 5.41) is 12.0. The zero-order chi connectivity index (χ0) is 19.2. The molecule has 0 bridgehead atoms. The van der Waals surface area contributed by atoms with Crippen molar-refractivity contribution in [3.63, 3.8) is 0 Å². The maximum absolute atomic E-state index is 12.4. The molecule has 1 unspecified atom stereocenters. The van der Waals surface area contributed by atoms with Crippen LogP contribution in [0.5, 0.6) is 5.75 Å². The molecule has 144 valence electrons. The molecule has 0 aliphatic carbocycles. The quantitative estimate of drug-likeness (QED) is 0.777. The summed E-state index contributed by atoms with van der Waals surface area (Å²) < 4.78 is 11.2. The molecule has 1 aliphatic heterocycles. The molecule has 6 nitrogen and oxygen atoms in total. The van der Waals surface area contributed by atoms with E-state index in [1.54, 1.807) is 24.3 Å². The smallest absolute Gasteiger partial charge is 0.326 e. The van der Waals surface area contributed by atoms with Crippen LogP contribution in [0.4, 0.5) is 0 Å². The average molecular weight is 363 g/mol. The van der Waals surface area contributed by atoms with Crippen LogP contribution in [0.2, 0.25) is 0 Å². The Hall–Kier alpha value is -2.08. The fourth-order valence-corrected chi connectivity index (χ4v) is 2.75. The first-order valence-electron chi connectivity index (χ1n) is 9.13. The summed E-state index contributed by atoms with van der Waals surface area (Å²) in [6.07, 6.45) is 2.96. The molecule has 0 spiro atoms. The van der Waals surface area contributed by atoms with Crippen molar-refractivity contribution in [2.45, 2.75) is 58.6 Å². The summed E-state index contributed by atoms with van der Waals surface area (Å²) >= 11 is 0. The normalized spacial score (nSPS) is 16.7. The third kappa shape index (κ3) is 6.67. The molecule has 1 heterocycles. The highest BCUT2D eigenvalue weighted by atomic mass is 16.5. The predicted octanol–water partition coefficient (Wildman–Crippen LogP) is 3.25. The van der Waals surface area contributed by atoms with E-state index in [9.17, 15) is 14.7 Å². The van der Waals surface area contributed by atoms with Gasteiger partial charge in [0.15, 0.2) is 0 Å². The monoisotopic (exact) mass is 363 g/mol. The van der Waals surface area contributed by atoms with Crippen LogP contribution in [-0.2, 0) is 9.53 Å². The van der Waals surface area contributed by atoms with E-state index in [4.69, 9.17) is 9.47 Å². The molecule has 0 aromatic heterocycles. The summed E-state index contributed by atoms with van der Waals surface area (Å²) in [7, 11) is 0. The van der Waals surface area contributed by atoms with E-state index in [0.717, 1.165) is 12.8 Å². The van der Waals surface area contributed by atoms with Crippen LogP contribution in [0.15, 0.2) is 24.3 Å². The lowest BCUT2D eigenvalue weighted by Gasteiger charge is -2.23. The standard InChI is InChI=1S/C20H29NO5/c1-20(2,3)11-8-17(19(23)24)21-18(22)14-4-6-15(7-5-14)26-16-9-12-25-13-10-16/h4-7,16-17H,8-13H2,1-3H3,(H,21,22)(H,23,24). The van der Waals surface area contributed by atoms with Gasteiger partial charge in [0.05, 0.1) is 13.2 Å². The van der Waals surface area contributed by atoms with Crippen molar-refractivity contribution >= 4 is 11.9 Å². The molecule has 2 N–H and O–H groups in total. The Kier molecular flexibility index (Phi) is 7.03. The minimum Gasteiger partial charge on any atom is -0.490 e. The Labute approximate surface area is 154 Å². The van der Waals surface area contributed by atoms with Crippen LogP contribution >= 0.6 is 0 Å². The zero-order valence-electron chi connectivity index (χ0n) is 15.8. The van der Waals surface area contributed by atoms with Crippen molar-refractivity contribution < 1.29 is 24.2 Å². The number of nitrogens with one attached hydrogen (secondary N) is 1. The molecule has 26 heavy (non-hydrogen) atoms. The average Bonchev–Trinajstić information content (AvgIpc) is 2.59. The van der Waals surface area contributed by atoms with Crippen molar-refractivity contribution in [2.24, 2.45) is 5.41 Å². The Morgan fingerprint density at radius 2 is 1.85 bits per heavy atom. The van der Waals surface area contributed by atoms with Gasteiger partial charge in [0, 0.05) is 18.4 Å². The van der Waals surface area contributed by atoms with E-state index < -0.39 is 12.0 Å². The number of carboxylic acids is 1. The number of hydrogen-bond acceptors (Lipinski definition) is 4. The van der Waals surface area contributed by atoms with Gasteiger partial charge in [-0.1, -0.05) is 20.8 Å². The number of carbonyl (C=O) groups excluding carboxylic acids is 1. The highest BCUT2D eigenvalue weighted by Crippen LogP contribution is 2.22. The molecule has 0 radical (unpaired) electrons. The highest BCUT2D eigenvalue weighted by Gasteiger charge is 2.23. The molecule has 1 saturated heterocycles. The Bertz CT molecular complexity index is 600. The molecule has 1 atom stereocenters. The summed E-state index contributed by atoms with van der Waals surface area (Å²) in [6, 6.07) is 5.92. The van der Waals surface area contributed by atoms with E-state index in [0.29, 0.717) is 37.4 Å². The number of amides is 1. The van der Waals surface area contributed by atoms with Gasteiger partial charge >= 0.3 is 5.97 Å². The van der Waals surface area contributed by atoms with Gasteiger partial charge in [0.1, 0.15) is 17.9 Å². The van der Waals surface area contributed by atoms with Gasteiger partial charge in [-0.3, -0.25) is 4.79 Å². The fraction of sp³-hybridized carbons (Fsp3) is 0.600. The first-order valence-corrected chi connectivity index (χ1v) is 9.13. The predicted molar refractivity (Wildman–Crippen MR) is 98.5 cm³/mol. The third-order valence-electron chi connectivity index (χ3n) is 4.37. The summed E-state index contributed by atoms with van der Waals surface area (Å²) in [6.45, 7) is 7.55. The molecular weight excluding hydrogens is 334 g/mol. The lowest BCUT2D eigenvalue weighted by atomic mass is 9.88. The van der Waals surface area contributed by atoms with Crippen molar-refractivity contribution in [1.29, 1.82) is 0 Å². The summed E-state index contributed by atoms with van der Waals surface area (Å²) in [4.78, 5) is 23.8. The maximum Gasteiger partial charge on any atom is 0.326 e. The second-order valence-corrected chi connectivity index (χ2v) is 7.92. The van der Waals surface area contributed by atoms with Gasteiger partial charge < -0.3 is 19.9 Å². The largest absolute Gasteiger partial charge is 0.490 e. The summed E-state index contributed by atoms with van der Waals surface area (Å²) in [5.74, 6) is -0.693. The van der Waals surface area contributed by atoms with E-state index in [1.165, 1.54) is 0 Å². The maximum atomic E-state index is 12.4. The number of carboxylic acid groups (broad SMARTS) is 1. The van der Waals surface area contributed by atoms with E-state index >= 15 is 0 Å². The zero-order valence-corrected chi connectivity index (χ0v) is 15.8. The topological polar surface area (TPSA) is 84.9 Å². The Balaban J connectivity index is 1.91. The molecule has 6 heteroatoms. The van der Waals surface area contributed by atoms with E-state index in [2.05, 4.69) is 5.32 Å². The van der Waals surface area contributed by atoms with Gasteiger partial charge in [-0.15, -0.1) is 0 Å². The van der Waals surface area contributed by atoms with Gasteiger partial charge in [0.25, 0.3) is 5.91 Å². The fourth-order valence-electron chi connectivity index (χ4n) is 2.75. The minimum absolute atomic E-state index is 0.0155. The van der Waals surface area contributed by atoms with Crippen LogP contribution in [0.25, 0.3) is 0 Å². The van der Waals surface area contributed by atoms with Crippen molar-refractivity contribution in [3.8, 4) is 5.75 Å². The van der Waals surface area contributed by atoms with Crippen LogP contribution in [0, 0.1) is 5.41 Å². The van der Waals surface area contributed by atoms with Crippen molar-refractivity contribution in [3.05, 3.63) is 29.8 Å². The number of hydrogen-bond donors (Lipinski definition) is 2. The van der Waals surface area contributed by atoms with Crippen LogP contribution in [0.3, 0.4) is 0 Å². The highest BCUT2D eigenvalue weighted by molar-refractivity contribution is 5.96. The second kappa shape index (κ2) is 9.03. The van der Waals surface area contributed by atoms with E-state index in [-0.39, 0.29) is 17.4 Å². The van der Waals surface area contributed by atoms with Crippen LogP contribution in [0.1, 0.15) is 56.8 Å². The molecule has 1 amide bonds. The Morgan fingerprint density at radius 3 is 2.38 bits per heavy atom. The first kappa shape index (κ1) is 20.2. The SMILES string of the molecule is CC(C)(C)CCC(NC(=O)c1ccc(OC2CCOCC2)cc1)C(=O)O. The molecule has 1 aliphatic rings. The van der Waals surface area contributed by atoms with E-state index in [1.807, 2.05) is 20.8 Å². The number of carbonyl (C=O) groups is 2. The third-order valence-corrected chi connectivity index (χ3v) is 4.37. The van der Waals surface area contributed by atoms with Crippen molar-refractivity contribution in [2.75, 3.05) is 13.2 Å². The van der Waals surface area contributed by atoms with Crippen molar-refractivity contribution in [1.82, 2.24) is 5.32 Å². The van der Waals surface area contributed by atoms with Gasteiger partial charge in [-0.25, -0.2) is 4.79 Å². The number of ether oxygens (including phenoxy) is 2. The number of benzene rings is 1. The van der Waals surface area contributed by atoms with Gasteiger partial charge in [-0.05, 0) is 42.5 Å². The number of rotatable bonds is 7. The first-order chi connectivity index (χ1) is 12.2. The second-order valence-electron chi connectivity index (χ2n) is 7.92. The lowest BCUT2D eigenvalue weighted by Crippen LogP contribution is -2.41.